The minimum absolute atomic E-state index is 0.0744. The number of anilines is 1. The molecule has 4 N–H and O–H groups in total. The van der Waals surface area contributed by atoms with Crippen molar-refractivity contribution >= 4 is 23.7 Å². The highest BCUT2D eigenvalue weighted by Crippen LogP contribution is 2.24. The number of benzene rings is 1. The van der Waals surface area contributed by atoms with Gasteiger partial charge < -0.3 is 20.9 Å². The number of carbonyl (C=O) groups excluding carboxylic acids is 3. The van der Waals surface area contributed by atoms with E-state index in [1.54, 1.807) is 29.2 Å². The summed E-state index contributed by atoms with van der Waals surface area (Å²) in [6.07, 6.45) is 1.77. The maximum atomic E-state index is 13.0. The average Bonchev–Trinajstić information content (AvgIpc) is 3.15. The van der Waals surface area contributed by atoms with E-state index in [2.05, 4.69) is 20.5 Å². The van der Waals surface area contributed by atoms with Crippen LogP contribution in [0.1, 0.15) is 37.2 Å². The molecule has 1 aliphatic rings. The van der Waals surface area contributed by atoms with Crippen molar-refractivity contribution in [3.05, 3.63) is 41.7 Å². The number of nitrogen functional groups attached to an aromatic ring is 1. The van der Waals surface area contributed by atoms with Gasteiger partial charge in [0, 0.05) is 19.6 Å². The molecular weight excluding hydrogens is 374 g/mol. The van der Waals surface area contributed by atoms with E-state index < -0.39 is 23.8 Å². The lowest BCUT2D eigenvalue weighted by atomic mass is 10.0. The predicted molar refractivity (Wildman–Crippen MR) is 105 cm³/mol. The first-order valence-corrected chi connectivity index (χ1v) is 9.60. The summed E-state index contributed by atoms with van der Waals surface area (Å²) < 4.78 is 0. The van der Waals surface area contributed by atoms with Crippen LogP contribution >= 0.6 is 0 Å². The topological polar surface area (TPSA) is 137 Å². The minimum Gasteiger partial charge on any atom is -0.367 e. The molecule has 10 nitrogen and oxygen atoms in total. The van der Waals surface area contributed by atoms with Gasteiger partial charge in [-0.3, -0.25) is 19.5 Å². The van der Waals surface area contributed by atoms with E-state index in [4.69, 9.17) is 5.73 Å². The number of piperazine rings is 1. The van der Waals surface area contributed by atoms with Crippen molar-refractivity contribution in [2.45, 2.75) is 32.4 Å². The first-order valence-electron chi connectivity index (χ1n) is 9.60. The third kappa shape index (κ3) is 4.71. The van der Waals surface area contributed by atoms with Crippen molar-refractivity contribution in [3.63, 3.8) is 0 Å². The number of amides is 3. The highest BCUT2D eigenvalue weighted by Gasteiger charge is 2.39. The second-order valence-corrected chi connectivity index (χ2v) is 6.82. The summed E-state index contributed by atoms with van der Waals surface area (Å²) in [5.74, 6) is -1.16. The van der Waals surface area contributed by atoms with E-state index in [0.717, 1.165) is 12.8 Å². The van der Waals surface area contributed by atoms with Gasteiger partial charge in [-0.25, -0.2) is 0 Å². The van der Waals surface area contributed by atoms with Crippen molar-refractivity contribution in [3.8, 4) is 0 Å². The molecule has 0 bridgehead atoms. The quantitative estimate of drug-likeness (QED) is 0.543. The zero-order valence-electron chi connectivity index (χ0n) is 16.3. The standard InChI is InChI=1S/C19H25N7O3/c1-2-3-9-25-10-11-26(18(29)17(25)28)15(13-7-5-4-6-8-13)16(27)21-12-14-22-19(20)24-23-14/h4-8,15H,2-3,9-12H2,1H3,(H,21,27)(H3,20,22,23,24)/t15-/m1/s1. The number of rotatable bonds is 8. The van der Waals surface area contributed by atoms with Gasteiger partial charge in [-0.05, 0) is 12.0 Å². The van der Waals surface area contributed by atoms with Gasteiger partial charge >= 0.3 is 11.8 Å². The van der Waals surface area contributed by atoms with Crippen LogP contribution in [0.3, 0.4) is 0 Å². The molecule has 0 spiro atoms. The summed E-state index contributed by atoms with van der Waals surface area (Å²) in [5.41, 5.74) is 6.10. The molecule has 0 unspecified atom stereocenters. The fourth-order valence-corrected chi connectivity index (χ4v) is 3.26. The number of H-pyrrole nitrogens is 1. The van der Waals surface area contributed by atoms with E-state index in [-0.39, 0.29) is 19.0 Å². The smallest absolute Gasteiger partial charge is 0.313 e. The lowest BCUT2D eigenvalue weighted by Crippen LogP contribution is -2.57. The van der Waals surface area contributed by atoms with Crippen LogP contribution in [-0.4, -0.2) is 62.3 Å². The molecule has 1 aromatic carbocycles. The van der Waals surface area contributed by atoms with Crippen LogP contribution in [0, 0.1) is 0 Å². The Kier molecular flexibility index (Phi) is 6.43. The Morgan fingerprint density at radius 3 is 2.66 bits per heavy atom. The van der Waals surface area contributed by atoms with Gasteiger partial charge in [0.05, 0.1) is 6.54 Å². The van der Waals surface area contributed by atoms with E-state index in [1.807, 2.05) is 13.0 Å². The van der Waals surface area contributed by atoms with E-state index in [0.29, 0.717) is 24.5 Å². The molecule has 1 aliphatic heterocycles. The number of aromatic amines is 1. The summed E-state index contributed by atoms with van der Waals surface area (Å²) in [5, 5.41) is 9.08. The molecular formula is C19H25N7O3. The van der Waals surface area contributed by atoms with Crippen molar-refractivity contribution in [2.75, 3.05) is 25.4 Å². The first kappa shape index (κ1) is 20.3. The monoisotopic (exact) mass is 399 g/mol. The summed E-state index contributed by atoms with van der Waals surface area (Å²) in [7, 11) is 0. The zero-order chi connectivity index (χ0) is 20.8. The number of unbranched alkanes of at least 4 members (excludes halogenated alkanes) is 1. The SMILES string of the molecule is CCCCN1CCN([C@@H](C(=O)NCc2nc(N)n[nH]2)c2ccccc2)C(=O)C1=O. The van der Waals surface area contributed by atoms with Crippen LogP contribution in [0.5, 0.6) is 0 Å². The number of aromatic nitrogens is 3. The second kappa shape index (κ2) is 9.18. The largest absolute Gasteiger partial charge is 0.367 e. The van der Waals surface area contributed by atoms with Gasteiger partial charge in [-0.2, -0.15) is 4.98 Å². The van der Waals surface area contributed by atoms with Crippen LogP contribution < -0.4 is 11.1 Å². The molecule has 29 heavy (non-hydrogen) atoms. The Bertz CT molecular complexity index is 868. The number of nitrogens with two attached hydrogens (primary N) is 1. The summed E-state index contributed by atoms with van der Waals surface area (Å²) in [4.78, 5) is 45.2. The fourth-order valence-electron chi connectivity index (χ4n) is 3.26. The highest BCUT2D eigenvalue weighted by molar-refractivity contribution is 6.35. The Morgan fingerprint density at radius 1 is 1.24 bits per heavy atom. The highest BCUT2D eigenvalue weighted by atomic mass is 16.2. The van der Waals surface area contributed by atoms with Gasteiger partial charge in [0.1, 0.15) is 11.9 Å². The molecule has 10 heteroatoms. The molecule has 0 saturated carbocycles. The molecule has 2 heterocycles. The second-order valence-electron chi connectivity index (χ2n) is 6.82. The van der Waals surface area contributed by atoms with Gasteiger partial charge in [0.15, 0.2) is 0 Å². The van der Waals surface area contributed by atoms with Gasteiger partial charge in [-0.15, -0.1) is 5.10 Å². The van der Waals surface area contributed by atoms with Crippen LogP contribution in [0.4, 0.5) is 5.95 Å². The maximum Gasteiger partial charge on any atom is 0.313 e. The Morgan fingerprint density at radius 2 is 2.00 bits per heavy atom. The summed E-state index contributed by atoms with van der Waals surface area (Å²) >= 11 is 0. The first-order chi connectivity index (χ1) is 14.0. The van der Waals surface area contributed by atoms with Gasteiger partial charge in [-0.1, -0.05) is 43.7 Å². The minimum atomic E-state index is -0.916. The van der Waals surface area contributed by atoms with Crippen LogP contribution in [0.2, 0.25) is 0 Å². The number of carbonyl (C=O) groups is 3. The van der Waals surface area contributed by atoms with Crippen molar-refractivity contribution in [2.24, 2.45) is 0 Å². The van der Waals surface area contributed by atoms with E-state index in [9.17, 15) is 14.4 Å². The number of nitrogens with zero attached hydrogens (tertiary/aromatic N) is 4. The molecule has 0 radical (unpaired) electrons. The van der Waals surface area contributed by atoms with Crippen molar-refractivity contribution in [1.82, 2.24) is 30.3 Å². The molecule has 1 atom stereocenters. The fraction of sp³-hybridized carbons (Fsp3) is 0.421. The molecule has 0 aliphatic carbocycles. The molecule has 3 rings (SSSR count). The third-order valence-electron chi connectivity index (χ3n) is 4.78. The normalized spacial score (nSPS) is 15.5. The zero-order valence-corrected chi connectivity index (χ0v) is 16.3. The molecule has 2 aromatic rings. The molecule has 154 valence electrons. The lowest BCUT2D eigenvalue weighted by Gasteiger charge is -2.38. The predicted octanol–water partition coefficient (Wildman–Crippen LogP) is 0.215. The van der Waals surface area contributed by atoms with Gasteiger partial charge in [0.25, 0.3) is 0 Å². The van der Waals surface area contributed by atoms with E-state index >= 15 is 0 Å². The van der Waals surface area contributed by atoms with Crippen LogP contribution in [0.25, 0.3) is 0 Å². The van der Waals surface area contributed by atoms with Crippen molar-refractivity contribution in [1.29, 1.82) is 0 Å². The average molecular weight is 399 g/mol. The summed E-state index contributed by atoms with van der Waals surface area (Å²) in [6, 6.07) is 8.01. The molecule has 3 amide bonds. The van der Waals surface area contributed by atoms with Crippen LogP contribution in [0.15, 0.2) is 30.3 Å². The Balaban J connectivity index is 1.78. The van der Waals surface area contributed by atoms with Crippen molar-refractivity contribution < 1.29 is 14.4 Å². The third-order valence-corrected chi connectivity index (χ3v) is 4.78. The number of nitrogens with one attached hydrogen (secondary N) is 2. The lowest BCUT2D eigenvalue weighted by molar-refractivity contribution is -0.159. The van der Waals surface area contributed by atoms with E-state index in [1.165, 1.54) is 4.90 Å². The number of hydrogen-bond acceptors (Lipinski definition) is 6. The summed E-state index contributed by atoms with van der Waals surface area (Å²) in [6.45, 7) is 3.34. The Labute approximate surface area is 168 Å². The Hall–Kier alpha value is -3.43. The molecule has 1 aromatic heterocycles. The van der Waals surface area contributed by atoms with Crippen LogP contribution in [-0.2, 0) is 20.9 Å². The molecule has 1 saturated heterocycles. The maximum absolute atomic E-state index is 13.0. The number of hydrogen-bond donors (Lipinski definition) is 3. The van der Waals surface area contributed by atoms with Gasteiger partial charge in [0.2, 0.25) is 11.9 Å². The molecule has 1 fully saturated rings.